The van der Waals surface area contributed by atoms with E-state index in [9.17, 15) is 5.26 Å². The summed E-state index contributed by atoms with van der Waals surface area (Å²) in [5, 5.41) is 16.1. The number of methoxy groups -OCH3 is 2. The van der Waals surface area contributed by atoms with Crippen molar-refractivity contribution in [3.05, 3.63) is 41.1 Å². The van der Waals surface area contributed by atoms with Crippen molar-refractivity contribution in [1.82, 2.24) is 4.98 Å². The van der Waals surface area contributed by atoms with Gasteiger partial charge in [0.1, 0.15) is 23.4 Å². The molecule has 0 saturated heterocycles. The van der Waals surface area contributed by atoms with Crippen LogP contribution in [-0.2, 0) is 12.8 Å². The van der Waals surface area contributed by atoms with Gasteiger partial charge in [0.15, 0.2) is 0 Å². The Morgan fingerprint density at radius 1 is 1.11 bits per heavy atom. The molecule has 1 atom stereocenters. The number of hydrogen-bond donors (Lipinski definition) is 2. The third-order valence-corrected chi connectivity index (χ3v) is 4.86. The Morgan fingerprint density at radius 3 is 2.48 bits per heavy atom. The first-order chi connectivity index (χ1) is 13.1. The SMILES string of the molecule is COc1cc(NCCNc2nc3c(cc2C#N)CCC(C)C3)cc(OC)c1. The summed E-state index contributed by atoms with van der Waals surface area (Å²) in [5.74, 6) is 2.80. The van der Waals surface area contributed by atoms with Crippen molar-refractivity contribution in [1.29, 1.82) is 5.26 Å². The number of hydrogen-bond acceptors (Lipinski definition) is 6. The molecular weight excluding hydrogens is 340 g/mol. The maximum atomic E-state index is 9.45. The third-order valence-electron chi connectivity index (χ3n) is 4.86. The molecule has 6 nitrogen and oxygen atoms in total. The van der Waals surface area contributed by atoms with Crippen LogP contribution in [0.5, 0.6) is 11.5 Å². The van der Waals surface area contributed by atoms with Gasteiger partial charge in [-0.1, -0.05) is 6.92 Å². The Hall–Kier alpha value is -2.94. The van der Waals surface area contributed by atoms with Gasteiger partial charge in [0.25, 0.3) is 0 Å². The monoisotopic (exact) mass is 366 g/mol. The minimum Gasteiger partial charge on any atom is -0.497 e. The molecule has 1 aromatic carbocycles. The van der Waals surface area contributed by atoms with Crippen LogP contribution in [-0.4, -0.2) is 32.3 Å². The number of anilines is 2. The number of aromatic nitrogens is 1. The average molecular weight is 366 g/mol. The molecule has 6 heteroatoms. The zero-order valence-corrected chi connectivity index (χ0v) is 16.1. The molecule has 1 aromatic heterocycles. The number of benzene rings is 1. The number of rotatable bonds is 7. The van der Waals surface area contributed by atoms with Gasteiger partial charge in [0, 0.05) is 42.7 Å². The fraction of sp³-hybridized carbons (Fsp3) is 0.429. The van der Waals surface area contributed by atoms with Crippen LogP contribution in [0.25, 0.3) is 0 Å². The average Bonchev–Trinajstić information content (AvgIpc) is 2.70. The molecule has 0 amide bonds. The number of nitrogens with one attached hydrogen (secondary N) is 2. The van der Waals surface area contributed by atoms with Crippen molar-refractivity contribution in [2.75, 3.05) is 37.9 Å². The normalized spacial score (nSPS) is 15.4. The van der Waals surface area contributed by atoms with Gasteiger partial charge in [-0.3, -0.25) is 0 Å². The van der Waals surface area contributed by atoms with Gasteiger partial charge < -0.3 is 20.1 Å². The number of nitriles is 1. The fourth-order valence-electron chi connectivity index (χ4n) is 3.34. The minimum absolute atomic E-state index is 0.617. The van der Waals surface area contributed by atoms with Crippen LogP contribution < -0.4 is 20.1 Å². The number of aryl methyl sites for hydroxylation is 1. The summed E-state index contributed by atoms with van der Waals surface area (Å²) in [6, 6.07) is 9.93. The first kappa shape index (κ1) is 18.8. The van der Waals surface area contributed by atoms with E-state index >= 15 is 0 Å². The highest BCUT2D eigenvalue weighted by Crippen LogP contribution is 2.28. The zero-order chi connectivity index (χ0) is 19.2. The second-order valence-electron chi connectivity index (χ2n) is 6.91. The Labute approximate surface area is 160 Å². The Balaban J connectivity index is 1.62. The van der Waals surface area contributed by atoms with Gasteiger partial charge in [0.05, 0.1) is 19.8 Å². The summed E-state index contributed by atoms with van der Waals surface area (Å²) in [6.45, 7) is 3.58. The Bertz CT molecular complexity index is 823. The highest BCUT2D eigenvalue weighted by atomic mass is 16.5. The number of ether oxygens (including phenoxy) is 2. The second-order valence-corrected chi connectivity index (χ2v) is 6.91. The Kier molecular flexibility index (Phi) is 6.02. The summed E-state index contributed by atoms with van der Waals surface area (Å²) in [4.78, 5) is 4.73. The molecule has 1 heterocycles. The molecule has 27 heavy (non-hydrogen) atoms. The molecule has 0 bridgehead atoms. The van der Waals surface area contributed by atoms with Crippen molar-refractivity contribution in [3.8, 4) is 17.6 Å². The molecule has 2 N–H and O–H groups in total. The molecule has 0 spiro atoms. The van der Waals surface area contributed by atoms with Crippen LogP contribution in [0.1, 0.15) is 30.2 Å². The molecule has 3 rings (SSSR count). The van der Waals surface area contributed by atoms with E-state index in [0.29, 0.717) is 30.4 Å². The second kappa shape index (κ2) is 8.63. The fourth-order valence-corrected chi connectivity index (χ4v) is 3.34. The van der Waals surface area contributed by atoms with Gasteiger partial charge >= 0.3 is 0 Å². The van der Waals surface area contributed by atoms with Crippen molar-refractivity contribution in [2.45, 2.75) is 26.2 Å². The standard InChI is InChI=1S/C21H26N4O2/c1-14-4-5-15-9-16(13-22)21(25-20(15)8-14)24-7-6-23-17-10-18(26-2)12-19(11-17)27-3/h9-12,14,23H,4-8H2,1-3H3,(H,24,25). The molecule has 0 fully saturated rings. The van der Waals surface area contributed by atoms with Gasteiger partial charge in [-0.05, 0) is 36.8 Å². The summed E-state index contributed by atoms with van der Waals surface area (Å²) in [6.07, 6.45) is 3.16. The Morgan fingerprint density at radius 2 is 1.81 bits per heavy atom. The highest BCUT2D eigenvalue weighted by Gasteiger charge is 2.19. The number of nitrogens with zero attached hydrogens (tertiary/aromatic N) is 2. The van der Waals surface area contributed by atoms with Crippen LogP contribution in [0, 0.1) is 17.2 Å². The number of fused-ring (bicyclic) bond motifs is 1. The molecule has 1 unspecified atom stereocenters. The quantitative estimate of drug-likeness (QED) is 0.729. The van der Waals surface area contributed by atoms with Crippen molar-refractivity contribution in [2.24, 2.45) is 5.92 Å². The van der Waals surface area contributed by atoms with Gasteiger partial charge in [-0.2, -0.15) is 5.26 Å². The smallest absolute Gasteiger partial charge is 0.144 e. The van der Waals surface area contributed by atoms with Gasteiger partial charge in [-0.15, -0.1) is 0 Å². The van der Waals surface area contributed by atoms with Crippen molar-refractivity contribution >= 4 is 11.5 Å². The largest absolute Gasteiger partial charge is 0.497 e. The highest BCUT2D eigenvalue weighted by molar-refractivity contribution is 5.56. The van der Waals surface area contributed by atoms with E-state index in [4.69, 9.17) is 14.5 Å². The maximum absolute atomic E-state index is 9.45. The summed E-state index contributed by atoms with van der Waals surface area (Å²) < 4.78 is 10.6. The molecule has 0 saturated carbocycles. The summed E-state index contributed by atoms with van der Waals surface area (Å²) >= 11 is 0. The predicted molar refractivity (Wildman–Crippen MR) is 107 cm³/mol. The predicted octanol–water partition coefficient (Wildman–Crippen LogP) is 3.62. The molecule has 0 aliphatic heterocycles. The number of pyridine rings is 1. The first-order valence-corrected chi connectivity index (χ1v) is 9.26. The van der Waals surface area contributed by atoms with E-state index in [1.807, 2.05) is 24.3 Å². The molecule has 142 valence electrons. The zero-order valence-electron chi connectivity index (χ0n) is 16.1. The summed E-state index contributed by atoms with van der Waals surface area (Å²) in [5.41, 5.74) is 3.88. The van der Waals surface area contributed by atoms with E-state index < -0.39 is 0 Å². The molecule has 0 radical (unpaired) electrons. The maximum Gasteiger partial charge on any atom is 0.144 e. The van der Waals surface area contributed by atoms with Crippen LogP contribution in [0.3, 0.4) is 0 Å². The molecule has 1 aliphatic carbocycles. The lowest BCUT2D eigenvalue weighted by molar-refractivity contribution is 0.394. The van der Waals surface area contributed by atoms with Crippen LogP contribution >= 0.6 is 0 Å². The third kappa shape index (κ3) is 4.62. The first-order valence-electron chi connectivity index (χ1n) is 9.26. The lowest BCUT2D eigenvalue weighted by Gasteiger charge is -2.22. The topological polar surface area (TPSA) is 79.2 Å². The van der Waals surface area contributed by atoms with Crippen molar-refractivity contribution in [3.63, 3.8) is 0 Å². The lowest BCUT2D eigenvalue weighted by Crippen LogP contribution is -2.18. The van der Waals surface area contributed by atoms with Crippen molar-refractivity contribution < 1.29 is 9.47 Å². The van der Waals surface area contributed by atoms with Crippen LogP contribution in [0.4, 0.5) is 11.5 Å². The lowest BCUT2D eigenvalue weighted by atomic mass is 9.87. The summed E-state index contributed by atoms with van der Waals surface area (Å²) in [7, 11) is 3.26. The molecule has 1 aliphatic rings. The van der Waals surface area contributed by atoms with E-state index in [1.165, 1.54) is 12.0 Å². The van der Waals surface area contributed by atoms with Crippen LogP contribution in [0.2, 0.25) is 0 Å². The van der Waals surface area contributed by atoms with Gasteiger partial charge in [-0.25, -0.2) is 4.98 Å². The molecule has 2 aromatic rings. The van der Waals surface area contributed by atoms with E-state index in [0.717, 1.165) is 35.7 Å². The van der Waals surface area contributed by atoms with Gasteiger partial charge in [0.2, 0.25) is 0 Å². The van der Waals surface area contributed by atoms with E-state index in [2.05, 4.69) is 23.6 Å². The van der Waals surface area contributed by atoms with Crippen LogP contribution in [0.15, 0.2) is 24.3 Å². The van der Waals surface area contributed by atoms with E-state index in [-0.39, 0.29) is 0 Å². The van der Waals surface area contributed by atoms with E-state index in [1.54, 1.807) is 14.2 Å². The molecular formula is C21H26N4O2. The minimum atomic E-state index is 0.617.